The van der Waals surface area contributed by atoms with Crippen molar-refractivity contribution in [2.75, 3.05) is 33.7 Å². The Morgan fingerprint density at radius 2 is 2.25 bits per heavy atom. The number of hydrogen-bond acceptors (Lipinski definition) is 3. The maximum atomic E-state index is 13.0. The molecule has 1 amide bonds. The molecule has 3 aliphatic heterocycles. The van der Waals surface area contributed by atoms with E-state index in [1.807, 2.05) is 30.0 Å². The molecule has 0 aromatic heterocycles. The van der Waals surface area contributed by atoms with Crippen molar-refractivity contribution in [3.05, 3.63) is 34.3 Å². The Kier molecular flexibility index (Phi) is 3.90. The lowest BCUT2D eigenvalue weighted by molar-refractivity contribution is 0.00256. The van der Waals surface area contributed by atoms with Gasteiger partial charge < -0.3 is 14.5 Å². The Hall–Kier alpha value is -1.10. The summed E-state index contributed by atoms with van der Waals surface area (Å²) in [4.78, 5) is 17.2. The predicted molar refractivity (Wildman–Crippen MR) is 94.5 cm³/mol. The number of likely N-dealkylation sites (tertiary alicyclic amines) is 1. The van der Waals surface area contributed by atoms with Crippen LogP contribution in [0.3, 0.4) is 0 Å². The summed E-state index contributed by atoms with van der Waals surface area (Å²) in [5.74, 6) is 1.11. The second kappa shape index (κ2) is 5.72. The average Bonchev–Trinajstić information content (AvgIpc) is 3.18. The van der Waals surface area contributed by atoms with Crippen LogP contribution in [0.1, 0.15) is 28.8 Å². The molecule has 0 radical (unpaired) electrons. The van der Waals surface area contributed by atoms with Crippen LogP contribution in [0, 0.1) is 18.8 Å². The Balaban J connectivity index is 1.55. The second-order valence-corrected chi connectivity index (χ2v) is 8.35. The zero-order chi connectivity index (χ0) is 17.1. The van der Waals surface area contributed by atoms with Crippen LogP contribution in [-0.2, 0) is 4.74 Å². The molecule has 3 fully saturated rings. The Bertz CT molecular complexity index is 677. The minimum absolute atomic E-state index is 0.0948. The highest BCUT2D eigenvalue weighted by Gasteiger charge is 2.63. The van der Waals surface area contributed by atoms with Gasteiger partial charge in [-0.25, -0.2) is 0 Å². The van der Waals surface area contributed by atoms with Crippen molar-refractivity contribution < 1.29 is 9.53 Å². The number of ether oxygens (including phenoxy) is 1. The van der Waals surface area contributed by atoms with E-state index in [0.717, 1.165) is 43.6 Å². The van der Waals surface area contributed by atoms with Crippen molar-refractivity contribution in [1.82, 2.24) is 9.80 Å². The van der Waals surface area contributed by atoms with Crippen LogP contribution in [0.15, 0.2) is 18.2 Å². The summed E-state index contributed by atoms with van der Waals surface area (Å²) in [5.41, 5.74) is 1.58. The molecule has 4 rings (SSSR count). The molecular weight excluding hydrogens is 324 g/mol. The SMILES string of the molecule is Cc1cc(C(=O)N2C[C@@H]3[C@H](CN(C)C)[C@H]4CC[C@]3(C2)O4)ccc1Cl. The van der Waals surface area contributed by atoms with Crippen molar-refractivity contribution in [2.45, 2.75) is 31.5 Å². The van der Waals surface area contributed by atoms with Crippen LogP contribution >= 0.6 is 11.6 Å². The summed E-state index contributed by atoms with van der Waals surface area (Å²) in [5, 5.41) is 0.705. The predicted octanol–water partition coefficient (Wildman–Crippen LogP) is 2.83. The molecule has 0 saturated carbocycles. The summed E-state index contributed by atoms with van der Waals surface area (Å²) in [6.45, 7) is 4.53. The van der Waals surface area contributed by atoms with Crippen LogP contribution in [0.2, 0.25) is 5.02 Å². The van der Waals surface area contributed by atoms with Crippen LogP contribution in [-0.4, -0.2) is 61.1 Å². The van der Waals surface area contributed by atoms with E-state index in [2.05, 4.69) is 19.0 Å². The van der Waals surface area contributed by atoms with Gasteiger partial charge in [0, 0.05) is 35.5 Å². The molecule has 24 heavy (non-hydrogen) atoms. The number of aryl methyl sites for hydroxylation is 1. The van der Waals surface area contributed by atoms with Crippen molar-refractivity contribution in [1.29, 1.82) is 0 Å². The molecule has 3 aliphatic rings. The summed E-state index contributed by atoms with van der Waals surface area (Å²) >= 11 is 6.09. The van der Waals surface area contributed by atoms with Crippen molar-refractivity contribution in [3.8, 4) is 0 Å². The quantitative estimate of drug-likeness (QED) is 0.842. The van der Waals surface area contributed by atoms with E-state index in [0.29, 0.717) is 23.0 Å². The first kappa shape index (κ1) is 16.4. The fraction of sp³-hybridized carbons (Fsp3) is 0.632. The van der Waals surface area contributed by atoms with Crippen LogP contribution in [0.5, 0.6) is 0 Å². The van der Waals surface area contributed by atoms with Gasteiger partial charge in [-0.15, -0.1) is 0 Å². The number of carbonyl (C=O) groups excluding carboxylic acids is 1. The standard InChI is InChI=1S/C19H25ClN2O2/c1-12-8-13(4-5-16(12)20)18(23)22-10-15-14(9-21(2)3)17-6-7-19(15,11-22)24-17/h4-5,8,14-15,17H,6-7,9-11H2,1-3H3/t14-,15+,17+,19+/m0/s1. The van der Waals surface area contributed by atoms with Crippen molar-refractivity contribution in [3.63, 3.8) is 0 Å². The topological polar surface area (TPSA) is 32.8 Å². The van der Waals surface area contributed by atoms with Crippen LogP contribution < -0.4 is 0 Å². The van der Waals surface area contributed by atoms with E-state index in [1.165, 1.54) is 0 Å². The first-order chi connectivity index (χ1) is 11.4. The maximum absolute atomic E-state index is 13.0. The number of fused-ring (bicyclic) bond motifs is 1. The zero-order valence-corrected chi connectivity index (χ0v) is 15.3. The summed E-state index contributed by atoms with van der Waals surface area (Å²) in [6.07, 6.45) is 2.61. The molecule has 4 atom stereocenters. The summed E-state index contributed by atoms with van der Waals surface area (Å²) in [6, 6.07) is 5.54. The largest absolute Gasteiger partial charge is 0.369 e. The zero-order valence-electron chi connectivity index (χ0n) is 14.6. The minimum Gasteiger partial charge on any atom is -0.369 e. The lowest BCUT2D eigenvalue weighted by atomic mass is 9.73. The van der Waals surface area contributed by atoms with Gasteiger partial charge in [-0.05, 0) is 57.6 Å². The molecule has 0 aliphatic carbocycles. The molecule has 3 saturated heterocycles. The number of amides is 1. The van der Waals surface area contributed by atoms with Crippen LogP contribution in [0.4, 0.5) is 0 Å². The molecule has 130 valence electrons. The molecule has 0 N–H and O–H groups in total. The molecule has 4 nitrogen and oxygen atoms in total. The van der Waals surface area contributed by atoms with Gasteiger partial charge in [0.1, 0.15) is 0 Å². The Morgan fingerprint density at radius 1 is 1.46 bits per heavy atom. The number of nitrogens with zero attached hydrogens (tertiary/aromatic N) is 2. The maximum Gasteiger partial charge on any atom is 0.253 e. The molecule has 5 heteroatoms. The van der Waals surface area contributed by atoms with Gasteiger partial charge >= 0.3 is 0 Å². The monoisotopic (exact) mass is 348 g/mol. The number of halogens is 1. The fourth-order valence-corrected chi connectivity index (χ4v) is 5.09. The number of benzene rings is 1. The molecular formula is C19H25ClN2O2. The average molecular weight is 349 g/mol. The summed E-state index contributed by atoms with van der Waals surface area (Å²) < 4.78 is 6.41. The van der Waals surface area contributed by atoms with E-state index >= 15 is 0 Å². The van der Waals surface area contributed by atoms with Gasteiger partial charge in [-0.1, -0.05) is 11.6 Å². The molecule has 1 aromatic carbocycles. The van der Waals surface area contributed by atoms with Gasteiger partial charge in [0.05, 0.1) is 18.2 Å². The van der Waals surface area contributed by atoms with E-state index in [-0.39, 0.29) is 11.5 Å². The molecule has 1 spiro atoms. The highest BCUT2D eigenvalue weighted by Crippen LogP contribution is 2.55. The number of hydrogen-bond donors (Lipinski definition) is 0. The third-order valence-corrected chi connectivity index (χ3v) is 6.48. The minimum atomic E-state index is -0.0948. The first-order valence-corrected chi connectivity index (χ1v) is 9.15. The highest BCUT2D eigenvalue weighted by atomic mass is 35.5. The molecule has 2 bridgehead atoms. The van der Waals surface area contributed by atoms with E-state index < -0.39 is 0 Å². The fourth-order valence-electron chi connectivity index (χ4n) is 4.97. The normalized spacial score (nSPS) is 34.2. The van der Waals surface area contributed by atoms with Crippen molar-refractivity contribution >= 4 is 17.5 Å². The molecule has 3 heterocycles. The third-order valence-electron chi connectivity index (χ3n) is 6.05. The van der Waals surface area contributed by atoms with Gasteiger partial charge in [-0.2, -0.15) is 0 Å². The molecule has 1 aromatic rings. The second-order valence-electron chi connectivity index (χ2n) is 7.94. The number of carbonyl (C=O) groups is 1. The third kappa shape index (κ3) is 2.47. The van der Waals surface area contributed by atoms with Gasteiger partial charge in [0.25, 0.3) is 5.91 Å². The van der Waals surface area contributed by atoms with E-state index in [1.54, 1.807) is 0 Å². The van der Waals surface area contributed by atoms with Crippen LogP contribution in [0.25, 0.3) is 0 Å². The Labute approximate surface area is 148 Å². The van der Waals surface area contributed by atoms with E-state index in [4.69, 9.17) is 16.3 Å². The van der Waals surface area contributed by atoms with E-state index in [9.17, 15) is 4.79 Å². The van der Waals surface area contributed by atoms with Crippen molar-refractivity contribution in [2.24, 2.45) is 11.8 Å². The van der Waals surface area contributed by atoms with Gasteiger partial charge in [0.15, 0.2) is 0 Å². The highest BCUT2D eigenvalue weighted by molar-refractivity contribution is 6.31. The van der Waals surface area contributed by atoms with Gasteiger partial charge in [0.2, 0.25) is 0 Å². The lowest BCUT2D eigenvalue weighted by Crippen LogP contribution is -2.40. The lowest BCUT2D eigenvalue weighted by Gasteiger charge is -2.30. The Morgan fingerprint density at radius 3 is 2.96 bits per heavy atom. The smallest absolute Gasteiger partial charge is 0.253 e. The number of rotatable bonds is 3. The molecule has 0 unspecified atom stereocenters. The van der Waals surface area contributed by atoms with Gasteiger partial charge in [-0.3, -0.25) is 4.79 Å². The first-order valence-electron chi connectivity index (χ1n) is 8.77. The summed E-state index contributed by atoms with van der Waals surface area (Å²) in [7, 11) is 4.24.